The van der Waals surface area contributed by atoms with Gasteiger partial charge in [0, 0.05) is 0 Å². The van der Waals surface area contributed by atoms with Crippen LogP contribution in [-0.2, 0) is 0 Å². The van der Waals surface area contributed by atoms with Gasteiger partial charge in [-0.3, -0.25) is 0 Å². The third-order valence-electron chi connectivity index (χ3n) is 1.63. The first-order chi connectivity index (χ1) is 6.71. The third-order valence-corrected chi connectivity index (χ3v) is 6.87. The van der Waals surface area contributed by atoms with Gasteiger partial charge in [0.1, 0.15) is 0 Å². The Bertz CT molecular complexity index is 150. The zero-order valence-corrected chi connectivity index (χ0v) is 14.5. The van der Waals surface area contributed by atoms with Gasteiger partial charge >= 0.3 is 12.0 Å². The summed E-state index contributed by atoms with van der Waals surface area (Å²) in [5, 5.41) is 3.22. The van der Waals surface area contributed by atoms with Gasteiger partial charge in [-0.1, -0.05) is 0 Å². The molecule has 0 aromatic heterocycles. The van der Waals surface area contributed by atoms with Crippen LogP contribution in [0.15, 0.2) is 0 Å². The monoisotopic (exact) mass is 365 g/mol. The average Bonchev–Trinajstić information content (AvgIpc) is 1.98. The molecule has 1 nitrogen and oxygen atoms in total. The maximum absolute atomic E-state index is 5.73. The molecule has 0 rings (SSSR count). The number of rotatable bonds is 8. The summed E-state index contributed by atoms with van der Waals surface area (Å²) in [6.07, 6.45) is 1.77. The summed E-state index contributed by atoms with van der Waals surface area (Å²) in [6, 6.07) is -3.50. The lowest BCUT2D eigenvalue weighted by atomic mass is 10.4. The van der Waals surface area contributed by atoms with Crippen molar-refractivity contribution in [2.24, 2.45) is 0 Å². The Labute approximate surface area is 121 Å². The molecule has 1 N–H and O–H groups in total. The molecule has 0 fully saturated rings. The van der Waals surface area contributed by atoms with Gasteiger partial charge in [0.05, 0.1) is 0 Å². The predicted molar refractivity (Wildman–Crippen MR) is 78.3 cm³/mol. The predicted octanol–water partition coefficient (Wildman–Crippen LogP) is 4.67. The molecular formula is C6H13Cl6NSi2. The topological polar surface area (TPSA) is 12.0 Å². The van der Waals surface area contributed by atoms with Gasteiger partial charge in [-0.2, -0.15) is 0 Å². The van der Waals surface area contributed by atoms with E-state index < -0.39 is 12.0 Å². The summed E-state index contributed by atoms with van der Waals surface area (Å²) < 4.78 is 0. The molecule has 0 amide bonds. The van der Waals surface area contributed by atoms with Crippen LogP contribution in [0.3, 0.4) is 0 Å². The Hall–Kier alpha value is 2.13. The second-order valence-electron chi connectivity index (χ2n) is 3.19. The van der Waals surface area contributed by atoms with Crippen LogP contribution in [0, 0.1) is 0 Å². The summed E-state index contributed by atoms with van der Waals surface area (Å²) >= 11 is 34.4. The standard InChI is InChI=1S/C6H13Cl6NSi2/c7-14(8,9)5-1-3-13-4-2-6-15(10,11)12/h13H,1-6H2. The van der Waals surface area contributed by atoms with Gasteiger partial charge in [0.25, 0.3) is 0 Å². The molecule has 0 aliphatic heterocycles. The average molecular weight is 368 g/mol. The maximum Gasteiger partial charge on any atom is 0.341 e. The molecule has 0 unspecified atom stereocenters. The fourth-order valence-electron chi connectivity index (χ4n) is 0.953. The van der Waals surface area contributed by atoms with E-state index in [0.717, 1.165) is 25.9 Å². The molecule has 0 atom stereocenters. The Morgan fingerprint density at radius 3 is 1.27 bits per heavy atom. The van der Waals surface area contributed by atoms with Crippen molar-refractivity contribution in [2.45, 2.75) is 24.9 Å². The molecule has 0 aromatic carbocycles. The van der Waals surface area contributed by atoms with E-state index in [4.69, 9.17) is 66.5 Å². The molecule has 9 heteroatoms. The molecule has 0 aliphatic carbocycles. The van der Waals surface area contributed by atoms with E-state index in [0.29, 0.717) is 12.1 Å². The van der Waals surface area contributed by atoms with Crippen LogP contribution in [0.2, 0.25) is 12.1 Å². The van der Waals surface area contributed by atoms with Crippen LogP contribution in [0.25, 0.3) is 0 Å². The molecule has 0 saturated carbocycles. The van der Waals surface area contributed by atoms with Crippen LogP contribution in [0.5, 0.6) is 0 Å². The Morgan fingerprint density at radius 2 is 1.00 bits per heavy atom. The van der Waals surface area contributed by atoms with Gasteiger partial charge in [-0.25, -0.2) is 0 Å². The van der Waals surface area contributed by atoms with E-state index >= 15 is 0 Å². The van der Waals surface area contributed by atoms with Crippen molar-refractivity contribution in [1.82, 2.24) is 5.32 Å². The van der Waals surface area contributed by atoms with Crippen molar-refractivity contribution in [2.75, 3.05) is 13.1 Å². The molecule has 15 heavy (non-hydrogen) atoms. The number of hydrogen-bond donors (Lipinski definition) is 1. The minimum Gasteiger partial charge on any atom is -0.317 e. The van der Waals surface area contributed by atoms with Gasteiger partial charge in [0.2, 0.25) is 0 Å². The molecular weight excluding hydrogens is 355 g/mol. The van der Waals surface area contributed by atoms with Gasteiger partial charge in [0.15, 0.2) is 0 Å². The highest BCUT2D eigenvalue weighted by Crippen LogP contribution is 2.26. The number of hydrogen-bond acceptors (Lipinski definition) is 1. The summed E-state index contributed by atoms with van der Waals surface area (Å²) in [5.41, 5.74) is 0. The van der Waals surface area contributed by atoms with Crippen molar-refractivity contribution in [3.05, 3.63) is 0 Å². The normalized spacial score (nSPS) is 13.2. The van der Waals surface area contributed by atoms with Crippen LogP contribution < -0.4 is 5.32 Å². The van der Waals surface area contributed by atoms with E-state index in [-0.39, 0.29) is 0 Å². The number of nitrogens with one attached hydrogen (secondary N) is 1. The largest absolute Gasteiger partial charge is 0.341 e. The van der Waals surface area contributed by atoms with Crippen molar-refractivity contribution in [1.29, 1.82) is 0 Å². The van der Waals surface area contributed by atoms with Crippen LogP contribution in [-0.4, -0.2) is 25.1 Å². The van der Waals surface area contributed by atoms with Gasteiger partial charge in [-0.15, -0.1) is 66.5 Å². The molecule has 0 saturated heterocycles. The molecule has 0 heterocycles. The summed E-state index contributed by atoms with van der Waals surface area (Å²) in [5.74, 6) is 0. The minimum atomic E-state index is -2.44. The molecule has 0 spiro atoms. The fourth-order valence-corrected chi connectivity index (χ4v) is 4.51. The zero-order chi connectivity index (χ0) is 11.9. The fraction of sp³-hybridized carbons (Fsp3) is 1.00. The van der Waals surface area contributed by atoms with Crippen molar-refractivity contribution < 1.29 is 0 Å². The highest BCUT2D eigenvalue weighted by Gasteiger charge is 2.24. The Morgan fingerprint density at radius 1 is 0.667 bits per heavy atom. The minimum absolute atomic E-state index is 0.684. The van der Waals surface area contributed by atoms with Crippen LogP contribution in [0.1, 0.15) is 12.8 Å². The molecule has 92 valence electrons. The smallest absolute Gasteiger partial charge is 0.317 e. The quantitative estimate of drug-likeness (QED) is 0.373. The third kappa shape index (κ3) is 16.1. The molecule has 0 bridgehead atoms. The van der Waals surface area contributed by atoms with Crippen molar-refractivity contribution in [3.8, 4) is 0 Å². The van der Waals surface area contributed by atoms with E-state index in [9.17, 15) is 0 Å². The summed E-state index contributed by atoms with van der Waals surface area (Å²) in [7, 11) is 0. The first kappa shape index (κ1) is 17.1. The van der Waals surface area contributed by atoms with E-state index in [1.807, 2.05) is 0 Å². The highest BCUT2D eigenvalue weighted by atomic mass is 35.8. The molecule has 0 aromatic rings. The summed E-state index contributed by atoms with van der Waals surface area (Å²) in [4.78, 5) is 0. The molecule has 0 radical (unpaired) electrons. The van der Waals surface area contributed by atoms with Crippen molar-refractivity contribution >= 4 is 78.5 Å². The Kier molecular flexibility index (Phi) is 9.45. The maximum atomic E-state index is 5.73. The van der Waals surface area contributed by atoms with Gasteiger partial charge < -0.3 is 5.32 Å². The lowest BCUT2D eigenvalue weighted by Crippen LogP contribution is -2.21. The van der Waals surface area contributed by atoms with Gasteiger partial charge in [-0.05, 0) is 38.0 Å². The first-order valence-electron chi connectivity index (χ1n) is 4.55. The summed E-state index contributed by atoms with van der Waals surface area (Å²) in [6.45, 7) is 1.70. The van der Waals surface area contributed by atoms with E-state index in [2.05, 4.69) is 5.32 Å². The Balaban J connectivity index is 3.20. The lowest BCUT2D eigenvalue weighted by Gasteiger charge is -2.09. The molecule has 0 aliphatic rings. The second kappa shape index (κ2) is 8.27. The second-order valence-corrected chi connectivity index (χ2v) is 21.7. The van der Waals surface area contributed by atoms with E-state index in [1.54, 1.807) is 0 Å². The highest BCUT2D eigenvalue weighted by molar-refractivity contribution is 7.65. The SMILES string of the molecule is Cl[Si](Cl)(Cl)CCCNCCC[Si](Cl)(Cl)Cl. The van der Waals surface area contributed by atoms with E-state index in [1.165, 1.54) is 0 Å². The first-order valence-corrected chi connectivity index (χ1v) is 15.0. The zero-order valence-electron chi connectivity index (χ0n) is 8.01. The van der Waals surface area contributed by atoms with Crippen LogP contribution >= 0.6 is 66.5 Å². The van der Waals surface area contributed by atoms with Crippen molar-refractivity contribution in [3.63, 3.8) is 0 Å². The lowest BCUT2D eigenvalue weighted by molar-refractivity contribution is 0.660. The van der Waals surface area contributed by atoms with Crippen LogP contribution in [0.4, 0.5) is 0 Å². The number of halogens is 6.